The highest BCUT2D eigenvalue weighted by atomic mass is 32.1. The van der Waals surface area contributed by atoms with Crippen molar-refractivity contribution in [3.63, 3.8) is 0 Å². The van der Waals surface area contributed by atoms with Crippen LogP contribution < -0.4 is 0 Å². The first-order valence-corrected chi connectivity index (χ1v) is 17.9. The van der Waals surface area contributed by atoms with Crippen LogP contribution in [0.3, 0.4) is 0 Å². The second-order valence-corrected chi connectivity index (χ2v) is 14.3. The predicted octanol–water partition coefficient (Wildman–Crippen LogP) is 11.8. The van der Waals surface area contributed by atoms with Gasteiger partial charge in [-0.1, -0.05) is 109 Å². The maximum Gasteiger partial charge on any atom is 0.164 e. The Hall–Kier alpha value is -6.63. The Labute approximate surface area is 294 Å². The summed E-state index contributed by atoms with van der Waals surface area (Å²) in [7, 11) is 0. The van der Waals surface area contributed by atoms with E-state index in [2.05, 4.69) is 124 Å². The molecule has 0 saturated carbocycles. The molecule has 0 saturated heterocycles. The monoisotopic (exact) mass is 667 g/mol. The average Bonchev–Trinajstić information content (AvgIpc) is 3.85. The number of thiophene rings is 1. The fourth-order valence-electron chi connectivity index (χ4n) is 8.34. The Bertz CT molecular complexity index is 3300. The lowest BCUT2D eigenvalue weighted by Gasteiger charge is -2.12. The molecule has 236 valence electrons. The van der Waals surface area contributed by atoms with E-state index in [-0.39, 0.29) is 0 Å². The zero-order valence-electron chi connectivity index (χ0n) is 27.1. The minimum atomic E-state index is 0.643. The average molecular weight is 668 g/mol. The highest BCUT2D eigenvalue weighted by Gasteiger charge is 2.23. The van der Waals surface area contributed by atoms with E-state index in [1.54, 1.807) is 0 Å². The Morgan fingerprint density at radius 1 is 0.353 bits per heavy atom. The lowest BCUT2D eigenvalue weighted by Crippen LogP contribution is -2.01. The Morgan fingerprint density at radius 2 is 0.902 bits per heavy atom. The van der Waals surface area contributed by atoms with Crippen LogP contribution in [0.4, 0.5) is 0 Å². The van der Waals surface area contributed by atoms with Crippen molar-refractivity contribution in [2.45, 2.75) is 0 Å². The molecule has 0 amide bonds. The largest absolute Gasteiger partial charge is 0.307 e. The van der Waals surface area contributed by atoms with Crippen molar-refractivity contribution in [2.24, 2.45) is 0 Å². The maximum atomic E-state index is 5.19. The van der Waals surface area contributed by atoms with E-state index in [0.717, 1.165) is 27.6 Å². The molecular weight excluding hydrogens is 643 g/mol. The van der Waals surface area contributed by atoms with Crippen LogP contribution in [0.1, 0.15) is 0 Å². The number of hydrogen-bond donors (Lipinski definition) is 0. The minimum absolute atomic E-state index is 0.643. The molecule has 0 unspecified atom stereocenters. The number of fused-ring (bicyclic) bond motifs is 8. The number of hydrogen-bond acceptors (Lipinski definition) is 4. The number of rotatable bonds is 3. The summed E-state index contributed by atoms with van der Waals surface area (Å²) < 4.78 is 7.59. The van der Waals surface area contributed by atoms with Crippen LogP contribution in [0.25, 0.3) is 109 Å². The highest BCUT2D eigenvalue weighted by Crippen LogP contribution is 2.47. The molecule has 5 aromatic heterocycles. The van der Waals surface area contributed by atoms with Gasteiger partial charge in [0.15, 0.2) is 17.5 Å². The molecule has 0 bridgehead atoms. The Morgan fingerprint density at radius 3 is 1.59 bits per heavy atom. The van der Waals surface area contributed by atoms with Crippen LogP contribution in [0.15, 0.2) is 152 Å². The maximum absolute atomic E-state index is 5.19. The Kier molecular flexibility index (Phi) is 5.32. The molecule has 12 aromatic rings. The number of nitrogens with zero attached hydrogens (tertiary/aromatic N) is 5. The third-order valence-corrected chi connectivity index (χ3v) is 11.6. The molecule has 0 spiro atoms. The summed E-state index contributed by atoms with van der Waals surface area (Å²) >= 11 is 1.87. The van der Waals surface area contributed by atoms with E-state index >= 15 is 0 Å². The molecule has 7 aromatic carbocycles. The molecule has 6 heteroatoms. The second-order valence-electron chi connectivity index (χ2n) is 13.2. The highest BCUT2D eigenvalue weighted by molar-refractivity contribution is 7.26. The summed E-state index contributed by atoms with van der Waals surface area (Å²) in [5.41, 5.74) is 9.93. The first-order valence-electron chi connectivity index (χ1n) is 17.1. The summed E-state index contributed by atoms with van der Waals surface area (Å²) in [4.78, 5) is 15.4. The topological polar surface area (TPSA) is 47.5 Å². The van der Waals surface area contributed by atoms with Gasteiger partial charge in [-0.2, -0.15) is 0 Å². The van der Waals surface area contributed by atoms with Crippen molar-refractivity contribution in [3.8, 4) is 34.2 Å². The van der Waals surface area contributed by atoms with E-state index in [4.69, 9.17) is 15.0 Å². The zero-order chi connectivity index (χ0) is 33.2. The van der Waals surface area contributed by atoms with Crippen molar-refractivity contribution < 1.29 is 0 Å². The van der Waals surface area contributed by atoms with Gasteiger partial charge < -0.3 is 8.80 Å². The third kappa shape index (κ3) is 3.66. The van der Waals surface area contributed by atoms with E-state index in [0.29, 0.717) is 17.5 Å². The fraction of sp³-hybridized carbons (Fsp3) is 0. The smallest absolute Gasteiger partial charge is 0.164 e. The van der Waals surface area contributed by atoms with Crippen LogP contribution in [0, 0.1) is 0 Å². The van der Waals surface area contributed by atoms with Gasteiger partial charge in [0.1, 0.15) is 0 Å². The van der Waals surface area contributed by atoms with Crippen LogP contribution in [0.2, 0.25) is 0 Å². The molecule has 0 aliphatic carbocycles. The molecule has 12 rings (SSSR count). The van der Waals surface area contributed by atoms with Crippen LogP contribution in [-0.4, -0.2) is 23.8 Å². The lowest BCUT2D eigenvalue weighted by atomic mass is 10.1. The second kappa shape index (κ2) is 9.97. The molecule has 0 aliphatic rings. The summed E-state index contributed by atoms with van der Waals surface area (Å²) in [5, 5.41) is 7.47. The molecule has 5 nitrogen and oxygen atoms in total. The van der Waals surface area contributed by atoms with Crippen molar-refractivity contribution >= 4 is 86.2 Å². The predicted molar refractivity (Wildman–Crippen MR) is 212 cm³/mol. The third-order valence-electron chi connectivity index (χ3n) is 10.5. The van der Waals surface area contributed by atoms with Crippen LogP contribution >= 0.6 is 11.3 Å². The quantitative estimate of drug-likeness (QED) is 0.188. The zero-order valence-corrected chi connectivity index (χ0v) is 27.9. The van der Waals surface area contributed by atoms with Gasteiger partial charge in [0, 0.05) is 58.4 Å². The SMILES string of the molecule is c1ccc(-c2nc(-c3ccccc3)nc(-c3cc4c5ccccc5n5c6cccc7sc8ccc9c%10ccccc%10n(c(c3)c45)c9c8c76)n2)cc1. The first-order chi connectivity index (χ1) is 25.3. The summed E-state index contributed by atoms with van der Waals surface area (Å²) in [6, 6.07) is 54.0. The summed E-state index contributed by atoms with van der Waals surface area (Å²) in [6.45, 7) is 0. The van der Waals surface area contributed by atoms with Gasteiger partial charge in [0.2, 0.25) is 0 Å². The van der Waals surface area contributed by atoms with E-state index in [9.17, 15) is 0 Å². The molecule has 5 heterocycles. The molecule has 51 heavy (non-hydrogen) atoms. The summed E-state index contributed by atoms with van der Waals surface area (Å²) in [6.07, 6.45) is 0. The van der Waals surface area contributed by atoms with Gasteiger partial charge in [0.25, 0.3) is 0 Å². The van der Waals surface area contributed by atoms with Crippen molar-refractivity contribution in [1.82, 2.24) is 23.8 Å². The van der Waals surface area contributed by atoms with Gasteiger partial charge >= 0.3 is 0 Å². The summed E-state index contributed by atoms with van der Waals surface area (Å²) in [5.74, 6) is 1.94. The molecule has 0 atom stereocenters. The van der Waals surface area contributed by atoms with Gasteiger partial charge in [-0.25, -0.2) is 15.0 Å². The van der Waals surface area contributed by atoms with Crippen molar-refractivity contribution in [1.29, 1.82) is 0 Å². The normalized spacial score (nSPS) is 12.3. The van der Waals surface area contributed by atoms with Gasteiger partial charge in [0.05, 0.1) is 33.1 Å². The van der Waals surface area contributed by atoms with E-state index in [1.807, 2.05) is 47.7 Å². The fourth-order valence-corrected chi connectivity index (χ4v) is 9.47. The first kappa shape index (κ1) is 27.2. The number of para-hydroxylation sites is 2. The van der Waals surface area contributed by atoms with Gasteiger partial charge in [-0.15, -0.1) is 11.3 Å². The van der Waals surface area contributed by atoms with Gasteiger partial charge in [-0.3, -0.25) is 0 Å². The van der Waals surface area contributed by atoms with Crippen molar-refractivity contribution in [3.05, 3.63) is 152 Å². The molecular formula is C45H25N5S. The number of aromatic nitrogens is 5. The van der Waals surface area contributed by atoms with E-state index in [1.165, 1.54) is 63.9 Å². The lowest BCUT2D eigenvalue weighted by molar-refractivity contribution is 1.07. The molecule has 0 fully saturated rings. The molecule has 0 aliphatic heterocycles. The number of benzene rings is 7. The molecule has 0 radical (unpaired) electrons. The molecule has 0 N–H and O–H groups in total. The standard InChI is InChI=1S/C45H25N5S/c1-3-12-26(13-4-1)43-46-44(27-14-5-2-6-15-27)48-45(47-43)28-24-32-30-17-8-10-19-34(30)49-35-20-11-21-37-39(35)40-38(51-37)23-22-31-29-16-7-9-18-33(29)50(42(31)40)36(25-28)41(32)49/h1-25H. The van der Waals surface area contributed by atoms with Crippen LogP contribution in [0.5, 0.6) is 0 Å². The van der Waals surface area contributed by atoms with Gasteiger partial charge in [-0.05, 0) is 42.5 Å². The van der Waals surface area contributed by atoms with E-state index < -0.39 is 0 Å². The Balaban J connectivity index is 1.34. The van der Waals surface area contributed by atoms with Crippen LogP contribution in [-0.2, 0) is 0 Å². The minimum Gasteiger partial charge on any atom is -0.307 e. The van der Waals surface area contributed by atoms with Crippen molar-refractivity contribution in [2.75, 3.05) is 0 Å².